The Morgan fingerprint density at radius 2 is 1.72 bits per heavy atom. The molecule has 1 atom stereocenters. The van der Waals surface area contributed by atoms with Crippen LogP contribution in [0.15, 0.2) is 53.0 Å². The molecule has 0 N–H and O–H groups in total. The Hall–Kier alpha value is -2.22. The van der Waals surface area contributed by atoms with Crippen LogP contribution in [0.3, 0.4) is 0 Å². The number of rotatable bonds is 3. The van der Waals surface area contributed by atoms with E-state index >= 15 is 0 Å². The first-order chi connectivity index (χ1) is 12.1. The van der Waals surface area contributed by atoms with Crippen LogP contribution < -0.4 is 9.46 Å². The number of hydrogen-bond donors (Lipinski definition) is 0. The van der Waals surface area contributed by atoms with Crippen LogP contribution in [0.4, 0.5) is 0 Å². The van der Waals surface area contributed by atoms with Crippen LogP contribution in [0, 0.1) is 10.4 Å². The highest BCUT2D eigenvalue weighted by molar-refractivity contribution is 9.10. The molecule has 0 fully saturated rings. The van der Waals surface area contributed by atoms with E-state index in [1.807, 2.05) is 31.2 Å². The number of halogens is 1. The fourth-order valence-corrected chi connectivity index (χ4v) is 3.53. The van der Waals surface area contributed by atoms with Gasteiger partial charge in [-0.1, -0.05) is 40.2 Å². The molecule has 4 rings (SSSR count). The minimum absolute atomic E-state index is 0.00196. The smallest absolute Gasteiger partial charge is 0.329 e. The van der Waals surface area contributed by atoms with Gasteiger partial charge in [0.25, 0.3) is 22.5 Å². The Morgan fingerprint density at radius 3 is 2.36 bits per heavy atom. The third-order valence-electron chi connectivity index (χ3n) is 4.34. The van der Waals surface area contributed by atoms with Gasteiger partial charge in [0.05, 0.1) is 0 Å². The normalized spacial score (nSPS) is 19.3. The zero-order valence-corrected chi connectivity index (χ0v) is 15.0. The van der Waals surface area contributed by atoms with Crippen LogP contribution in [0.5, 0.6) is 0 Å². The lowest BCUT2D eigenvalue weighted by Crippen LogP contribution is -2.49. The van der Waals surface area contributed by atoms with E-state index in [0.29, 0.717) is 17.7 Å². The van der Waals surface area contributed by atoms with Crippen LogP contribution in [0.25, 0.3) is 11.0 Å². The average Bonchev–Trinajstić information content (AvgIpc) is 3.01. The minimum Gasteiger partial charge on any atom is -0.618 e. The lowest BCUT2D eigenvalue weighted by Gasteiger charge is -2.26. The average molecular weight is 403 g/mol. The zero-order valence-electron chi connectivity index (χ0n) is 13.4. The van der Waals surface area contributed by atoms with Gasteiger partial charge in [-0.15, -0.1) is 0 Å². The Kier molecular flexibility index (Phi) is 3.87. The van der Waals surface area contributed by atoms with E-state index in [9.17, 15) is 10.4 Å². The molecule has 0 spiro atoms. The van der Waals surface area contributed by atoms with Crippen LogP contribution in [0.1, 0.15) is 23.9 Å². The molecule has 2 heterocycles. The van der Waals surface area contributed by atoms with E-state index < -0.39 is 5.79 Å². The van der Waals surface area contributed by atoms with E-state index in [1.165, 1.54) is 0 Å². The summed E-state index contributed by atoms with van der Waals surface area (Å²) in [6.07, 6.45) is 0. The van der Waals surface area contributed by atoms with Gasteiger partial charge < -0.3 is 19.9 Å². The third-order valence-corrected chi connectivity index (χ3v) is 4.87. The second kappa shape index (κ2) is 5.94. The topological polar surface area (TPSA) is 72.3 Å². The van der Waals surface area contributed by atoms with Crippen molar-refractivity contribution in [1.82, 2.24) is 0 Å². The van der Waals surface area contributed by atoms with Crippen molar-refractivity contribution in [1.29, 1.82) is 0 Å². The van der Waals surface area contributed by atoms with E-state index in [-0.39, 0.29) is 23.5 Å². The zero-order chi connectivity index (χ0) is 17.6. The summed E-state index contributed by atoms with van der Waals surface area (Å²) in [7, 11) is 0. The van der Waals surface area contributed by atoms with Crippen molar-refractivity contribution >= 4 is 27.0 Å². The van der Waals surface area contributed by atoms with Crippen molar-refractivity contribution < 1.29 is 18.9 Å². The quantitative estimate of drug-likeness (QED) is 0.498. The van der Waals surface area contributed by atoms with Gasteiger partial charge in [0.1, 0.15) is 6.61 Å². The highest BCUT2D eigenvalue weighted by Crippen LogP contribution is 2.41. The Balaban J connectivity index is 2.05. The van der Waals surface area contributed by atoms with Crippen molar-refractivity contribution in [3.8, 4) is 0 Å². The summed E-state index contributed by atoms with van der Waals surface area (Å²) in [5.41, 5.74) is 1.71. The summed E-state index contributed by atoms with van der Waals surface area (Å²) in [5, 5.41) is 25.9. The first-order valence-corrected chi connectivity index (χ1v) is 8.69. The van der Waals surface area contributed by atoms with E-state index in [1.54, 1.807) is 24.3 Å². The van der Waals surface area contributed by atoms with Gasteiger partial charge in [-0.2, -0.15) is 9.46 Å². The molecule has 2 aromatic carbocycles. The molecule has 1 aliphatic rings. The monoisotopic (exact) mass is 402 g/mol. The van der Waals surface area contributed by atoms with Gasteiger partial charge in [0, 0.05) is 28.8 Å². The molecule has 128 valence electrons. The lowest BCUT2D eigenvalue weighted by molar-refractivity contribution is -0.643. The maximum atomic E-state index is 13.1. The maximum Gasteiger partial charge on any atom is 0.329 e. The van der Waals surface area contributed by atoms with Gasteiger partial charge in [-0.05, 0) is 19.1 Å². The highest BCUT2D eigenvalue weighted by atomic mass is 79.9. The second-order valence-electron chi connectivity index (χ2n) is 5.72. The van der Waals surface area contributed by atoms with Crippen molar-refractivity contribution in [2.45, 2.75) is 19.3 Å². The molecule has 0 saturated carbocycles. The molecular formula is C18H15BrN2O4. The SMILES string of the molecule is CCOC1(c2ccc(Br)cc2)OCc2c1[n+]([O-])c1ccccc1[n+]2[O-]. The molecule has 1 aromatic heterocycles. The summed E-state index contributed by atoms with van der Waals surface area (Å²) in [4.78, 5) is 0. The molecule has 1 aliphatic heterocycles. The molecule has 0 saturated heterocycles. The molecule has 0 aliphatic carbocycles. The molecule has 0 bridgehead atoms. The number of ether oxygens (including phenoxy) is 2. The van der Waals surface area contributed by atoms with Gasteiger partial charge >= 0.3 is 5.69 Å². The molecule has 25 heavy (non-hydrogen) atoms. The predicted octanol–water partition coefficient (Wildman–Crippen LogP) is 2.64. The largest absolute Gasteiger partial charge is 0.618 e. The number of fused-ring (bicyclic) bond motifs is 2. The van der Waals surface area contributed by atoms with E-state index in [0.717, 1.165) is 13.9 Å². The van der Waals surface area contributed by atoms with Crippen LogP contribution in [-0.2, 0) is 21.9 Å². The van der Waals surface area contributed by atoms with Gasteiger partial charge in [-0.25, -0.2) is 0 Å². The van der Waals surface area contributed by atoms with E-state index in [4.69, 9.17) is 9.47 Å². The maximum absolute atomic E-state index is 13.1. The van der Waals surface area contributed by atoms with Crippen LogP contribution in [0.2, 0.25) is 0 Å². The molecule has 1 unspecified atom stereocenters. The van der Waals surface area contributed by atoms with Crippen LogP contribution >= 0.6 is 15.9 Å². The number of nitrogens with zero attached hydrogens (tertiary/aromatic N) is 2. The highest BCUT2D eigenvalue weighted by Gasteiger charge is 2.55. The first-order valence-electron chi connectivity index (χ1n) is 7.89. The molecule has 3 aromatic rings. The Labute approximate surface area is 152 Å². The summed E-state index contributed by atoms with van der Waals surface area (Å²) in [6.45, 7) is 2.15. The molecule has 0 radical (unpaired) electrons. The first kappa shape index (κ1) is 16.3. The predicted molar refractivity (Wildman–Crippen MR) is 93.2 cm³/mol. The number of hydrogen-bond acceptors (Lipinski definition) is 4. The van der Waals surface area contributed by atoms with Crippen molar-refractivity contribution in [2.24, 2.45) is 0 Å². The number of para-hydroxylation sites is 2. The fourth-order valence-electron chi connectivity index (χ4n) is 3.26. The second-order valence-corrected chi connectivity index (χ2v) is 6.63. The van der Waals surface area contributed by atoms with E-state index in [2.05, 4.69) is 15.9 Å². The standard InChI is InChI=1S/C18H15BrN2O4/c1-2-24-18(12-7-9-13(19)10-8-12)17-16(11-25-18)20(22)14-5-3-4-6-15(14)21(17)23/h3-10H,2,11H2,1H3. The minimum atomic E-state index is -1.40. The fraction of sp³-hybridized carbons (Fsp3) is 0.222. The summed E-state index contributed by atoms with van der Waals surface area (Å²) in [6, 6.07) is 14.0. The summed E-state index contributed by atoms with van der Waals surface area (Å²) < 4.78 is 14.3. The third kappa shape index (κ3) is 2.31. The Bertz CT molecular complexity index is 961. The summed E-state index contributed by atoms with van der Waals surface area (Å²) in [5.74, 6) is -1.40. The van der Waals surface area contributed by atoms with Crippen molar-refractivity contribution in [3.05, 3.63) is 80.4 Å². The molecule has 7 heteroatoms. The van der Waals surface area contributed by atoms with Crippen LogP contribution in [-0.4, -0.2) is 6.61 Å². The van der Waals surface area contributed by atoms with Gasteiger partial charge in [-0.3, -0.25) is 0 Å². The van der Waals surface area contributed by atoms with Gasteiger partial charge in [0.15, 0.2) is 0 Å². The molecule has 0 amide bonds. The Morgan fingerprint density at radius 1 is 1.08 bits per heavy atom. The molecule has 6 nitrogen and oxygen atoms in total. The molecular weight excluding hydrogens is 388 g/mol. The van der Waals surface area contributed by atoms with Gasteiger partial charge in [0.2, 0.25) is 0 Å². The number of aromatic nitrogens is 2. The lowest BCUT2D eigenvalue weighted by atomic mass is 10.0. The number of benzene rings is 2. The van der Waals surface area contributed by atoms with Crippen molar-refractivity contribution in [2.75, 3.05) is 6.61 Å². The summed E-state index contributed by atoms with van der Waals surface area (Å²) >= 11 is 3.40. The van der Waals surface area contributed by atoms with Crippen molar-refractivity contribution in [3.63, 3.8) is 0 Å².